The maximum absolute atomic E-state index is 13.6. The minimum absolute atomic E-state index is 0.000876. The molecule has 4 rings (SSSR count). The molecule has 0 radical (unpaired) electrons. The van der Waals surface area contributed by atoms with E-state index < -0.39 is 5.25 Å². The minimum Gasteiger partial charge on any atom is -0.294 e. The Morgan fingerprint density at radius 2 is 1.97 bits per heavy atom. The molecule has 3 heterocycles. The molecule has 31 heavy (non-hydrogen) atoms. The van der Waals surface area contributed by atoms with E-state index in [0.29, 0.717) is 5.16 Å². The normalized spacial score (nSPS) is 15.8. The molecule has 3 aromatic heterocycles. The summed E-state index contributed by atoms with van der Waals surface area (Å²) < 4.78 is 1.79. The van der Waals surface area contributed by atoms with Gasteiger partial charge in [0.2, 0.25) is 11.9 Å². The number of amides is 1. The van der Waals surface area contributed by atoms with Crippen molar-refractivity contribution in [1.82, 2.24) is 19.5 Å². The Morgan fingerprint density at radius 3 is 2.71 bits per heavy atom. The summed E-state index contributed by atoms with van der Waals surface area (Å²) in [7, 11) is 0. The van der Waals surface area contributed by atoms with Crippen molar-refractivity contribution in [2.75, 3.05) is 5.32 Å². The van der Waals surface area contributed by atoms with Gasteiger partial charge in [0.15, 0.2) is 5.16 Å². The lowest BCUT2D eigenvalue weighted by Crippen LogP contribution is -2.29. The van der Waals surface area contributed by atoms with Crippen LogP contribution in [0.25, 0.3) is 10.2 Å². The van der Waals surface area contributed by atoms with Gasteiger partial charge in [-0.05, 0) is 57.6 Å². The largest absolute Gasteiger partial charge is 0.294 e. The Kier molecular flexibility index (Phi) is 6.71. The molecule has 2 unspecified atom stereocenters. The van der Waals surface area contributed by atoms with Crippen molar-refractivity contribution in [2.45, 2.75) is 75.7 Å². The van der Waals surface area contributed by atoms with E-state index in [4.69, 9.17) is 4.98 Å². The Hall–Kier alpha value is -2.26. The molecule has 164 valence electrons. The molecule has 0 saturated carbocycles. The van der Waals surface area contributed by atoms with Gasteiger partial charge in [-0.2, -0.15) is 0 Å². The lowest BCUT2D eigenvalue weighted by Gasteiger charge is -2.19. The van der Waals surface area contributed by atoms with Crippen molar-refractivity contribution in [2.24, 2.45) is 0 Å². The third-order valence-corrected chi connectivity index (χ3v) is 7.97. The van der Waals surface area contributed by atoms with Crippen LogP contribution in [0.3, 0.4) is 0 Å². The SMILES string of the molecule is CCC(C)n1c(SC(C)C(=O)Nc2ncccn2)nc2sc3c(c2c1=O)CCCCC3. The van der Waals surface area contributed by atoms with Crippen LogP contribution in [0.15, 0.2) is 28.4 Å². The average Bonchev–Trinajstić information content (AvgIpc) is 2.95. The number of carbonyl (C=O) groups excluding carboxylic acids is 1. The first-order chi connectivity index (χ1) is 15.0. The highest BCUT2D eigenvalue weighted by atomic mass is 32.2. The number of thioether (sulfide) groups is 1. The van der Waals surface area contributed by atoms with E-state index in [0.717, 1.165) is 35.9 Å². The van der Waals surface area contributed by atoms with Gasteiger partial charge in [0, 0.05) is 23.3 Å². The summed E-state index contributed by atoms with van der Waals surface area (Å²) in [5.41, 5.74) is 1.23. The van der Waals surface area contributed by atoms with E-state index in [9.17, 15) is 9.59 Å². The quantitative estimate of drug-likeness (QED) is 0.330. The van der Waals surface area contributed by atoms with Crippen molar-refractivity contribution in [1.29, 1.82) is 0 Å². The second-order valence-corrected chi connectivity index (χ2v) is 10.3. The Labute approximate surface area is 189 Å². The van der Waals surface area contributed by atoms with E-state index in [1.54, 1.807) is 34.4 Å². The fourth-order valence-electron chi connectivity index (χ4n) is 3.82. The summed E-state index contributed by atoms with van der Waals surface area (Å²) >= 11 is 2.96. The fourth-order valence-corrected chi connectivity index (χ4v) is 6.13. The van der Waals surface area contributed by atoms with Crippen molar-refractivity contribution in [3.8, 4) is 0 Å². The van der Waals surface area contributed by atoms with Crippen LogP contribution >= 0.6 is 23.1 Å². The van der Waals surface area contributed by atoms with Gasteiger partial charge in [-0.1, -0.05) is 25.1 Å². The van der Waals surface area contributed by atoms with Crippen molar-refractivity contribution in [3.05, 3.63) is 39.3 Å². The lowest BCUT2D eigenvalue weighted by atomic mass is 10.1. The minimum atomic E-state index is -0.457. The second kappa shape index (κ2) is 9.48. The van der Waals surface area contributed by atoms with Gasteiger partial charge in [-0.3, -0.25) is 19.5 Å². The highest BCUT2D eigenvalue weighted by molar-refractivity contribution is 8.00. The van der Waals surface area contributed by atoms with Gasteiger partial charge in [0.1, 0.15) is 4.83 Å². The zero-order valence-electron chi connectivity index (χ0n) is 18.1. The van der Waals surface area contributed by atoms with Gasteiger partial charge < -0.3 is 0 Å². The molecular weight excluding hydrogens is 430 g/mol. The highest BCUT2D eigenvalue weighted by Crippen LogP contribution is 2.35. The number of hydrogen-bond donors (Lipinski definition) is 1. The van der Waals surface area contributed by atoms with Crippen LogP contribution in [0, 0.1) is 0 Å². The summed E-state index contributed by atoms with van der Waals surface area (Å²) in [6, 6.07) is 1.70. The number of anilines is 1. The van der Waals surface area contributed by atoms with E-state index in [-0.39, 0.29) is 23.5 Å². The van der Waals surface area contributed by atoms with Gasteiger partial charge in [-0.15, -0.1) is 11.3 Å². The molecular formula is C22H27N5O2S2. The van der Waals surface area contributed by atoms with E-state index in [1.807, 2.05) is 13.8 Å². The first-order valence-corrected chi connectivity index (χ1v) is 12.5. The van der Waals surface area contributed by atoms with Gasteiger partial charge in [0.25, 0.3) is 5.56 Å². The monoisotopic (exact) mass is 457 g/mol. The van der Waals surface area contributed by atoms with Crippen molar-refractivity contribution in [3.63, 3.8) is 0 Å². The van der Waals surface area contributed by atoms with Crippen LogP contribution in [-0.2, 0) is 17.6 Å². The lowest BCUT2D eigenvalue weighted by molar-refractivity contribution is -0.115. The predicted molar refractivity (Wildman–Crippen MR) is 126 cm³/mol. The molecule has 9 heteroatoms. The third-order valence-electron chi connectivity index (χ3n) is 5.72. The third kappa shape index (κ3) is 4.52. The molecule has 3 aromatic rings. The molecule has 0 aliphatic heterocycles. The molecule has 1 amide bonds. The number of nitrogens with one attached hydrogen (secondary N) is 1. The first-order valence-electron chi connectivity index (χ1n) is 10.8. The fraction of sp³-hybridized carbons (Fsp3) is 0.500. The molecule has 7 nitrogen and oxygen atoms in total. The zero-order chi connectivity index (χ0) is 22.0. The van der Waals surface area contributed by atoms with E-state index in [1.165, 1.54) is 35.0 Å². The number of nitrogens with zero attached hydrogens (tertiary/aromatic N) is 4. The average molecular weight is 458 g/mol. The number of aryl methyl sites for hydroxylation is 2. The van der Waals surface area contributed by atoms with Crippen molar-refractivity contribution >= 4 is 45.2 Å². The topological polar surface area (TPSA) is 89.8 Å². The number of fused-ring (bicyclic) bond motifs is 3. The van der Waals surface area contributed by atoms with Crippen LogP contribution in [0.5, 0.6) is 0 Å². The van der Waals surface area contributed by atoms with Crippen LogP contribution in [0.4, 0.5) is 5.95 Å². The maximum Gasteiger partial charge on any atom is 0.263 e. The smallest absolute Gasteiger partial charge is 0.263 e. The Morgan fingerprint density at radius 1 is 1.23 bits per heavy atom. The summed E-state index contributed by atoms with van der Waals surface area (Å²) in [4.78, 5) is 41.4. The second-order valence-electron chi connectivity index (χ2n) is 7.89. The number of aromatic nitrogens is 4. The molecule has 0 bridgehead atoms. The van der Waals surface area contributed by atoms with E-state index in [2.05, 4.69) is 22.2 Å². The molecule has 0 saturated heterocycles. The standard InChI is InChI=1S/C22H27N5O2S2/c1-4-13(2)27-20(29)17-15-9-6-5-7-10-16(15)31-19(17)26-22(27)30-14(3)18(28)25-21-23-11-8-12-24-21/h8,11-14H,4-7,9-10H2,1-3H3,(H,23,24,25,28). The molecule has 2 atom stereocenters. The predicted octanol–water partition coefficient (Wildman–Crippen LogP) is 4.61. The summed E-state index contributed by atoms with van der Waals surface area (Å²) in [5.74, 6) is 0.0490. The van der Waals surface area contributed by atoms with E-state index >= 15 is 0 Å². The number of carbonyl (C=O) groups is 1. The summed E-state index contributed by atoms with van der Waals surface area (Å²) in [5, 5.41) is 3.66. The molecule has 1 aliphatic carbocycles. The first kappa shape index (κ1) is 22.0. The van der Waals surface area contributed by atoms with Gasteiger partial charge in [0.05, 0.1) is 10.6 Å². The molecule has 1 aliphatic rings. The molecule has 0 aromatic carbocycles. The van der Waals surface area contributed by atoms with Gasteiger partial charge in [-0.25, -0.2) is 15.0 Å². The number of hydrogen-bond acceptors (Lipinski definition) is 7. The Balaban J connectivity index is 1.71. The summed E-state index contributed by atoms with van der Waals surface area (Å²) in [6.45, 7) is 5.91. The maximum atomic E-state index is 13.6. The van der Waals surface area contributed by atoms with Crippen LogP contribution in [-0.4, -0.2) is 30.7 Å². The summed E-state index contributed by atoms with van der Waals surface area (Å²) in [6.07, 6.45) is 9.45. The van der Waals surface area contributed by atoms with Crippen LogP contribution in [0.1, 0.15) is 62.9 Å². The number of thiophene rings is 1. The molecule has 1 N–H and O–H groups in total. The van der Waals surface area contributed by atoms with Crippen LogP contribution in [0.2, 0.25) is 0 Å². The highest BCUT2D eigenvalue weighted by Gasteiger charge is 2.25. The zero-order valence-corrected chi connectivity index (χ0v) is 19.7. The number of rotatable bonds is 6. The van der Waals surface area contributed by atoms with Crippen molar-refractivity contribution < 1.29 is 4.79 Å². The Bertz CT molecular complexity index is 1140. The van der Waals surface area contributed by atoms with Gasteiger partial charge >= 0.3 is 0 Å². The molecule has 0 fully saturated rings. The molecule has 0 spiro atoms. The van der Waals surface area contributed by atoms with Crippen LogP contribution < -0.4 is 10.9 Å².